The maximum Gasteiger partial charge on any atom is 0.335 e. The van der Waals surface area contributed by atoms with Gasteiger partial charge in [0, 0.05) is 51.5 Å². The van der Waals surface area contributed by atoms with Gasteiger partial charge < -0.3 is 25.1 Å². The molecular weight excluding hydrogens is 486 g/mol. The number of anilines is 3. The highest BCUT2D eigenvalue weighted by Gasteiger charge is 2.27. The summed E-state index contributed by atoms with van der Waals surface area (Å²) in [6.45, 7) is 8.54. The summed E-state index contributed by atoms with van der Waals surface area (Å²) >= 11 is 0. The molecule has 2 aliphatic rings. The molecule has 2 saturated heterocycles. The highest BCUT2D eigenvalue weighted by Crippen LogP contribution is 2.26. The second-order valence-electron chi connectivity index (χ2n) is 10.1. The van der Waals surface area contributed by atoms with Crippen molar-refractivity contribution >= 4 is 29.3 Å². The number of nitrogen functional groups attached to an aromatic ring is 1. The molecule has 0 amide bonds. The van der Waals surface area contributed by atoms with E-state index < -0.39 is 5.97 Å². The number of aryl methyl sites for hydroxylation is 1. The van der Waals surface area contributed by atoms with Gasteiger partial charge in [0.2, 0.25) is 17.7 Å². The van der Waals surface area contributed by atoms with Gasteiger partial charge in [-0.15, -0.1) is 5.10 Å². The Morgan fingerprint density at radius 3 is 2.68 bits per heavy atom. The van der Waals surface area contributed by atoms with Gasteiger partial charge in [0.1, 0.15) is 0 Å². The molecule has 3 aromatic heterocycles. The molecule has 0 radical (unpaired) electrons. The summed E-state index contributed by atoms with van der Waals surface area (Å²) in [5, 5.41) is 13.6. The number of carbonyl (C=O) groups is 1. The fourth-order valence-electron chi connectivity index (χ4n) is 5.52. The Balaban J connectivity index is 1.08. The number of carboxylic acids is 1. The smallest absolute Gasteiger partial charge is 0.335 e. The molecule has 12 heteroatoms. The monoisotopic (exact) mass is 517 g/mol. The number of nitrogens with zero attached hydrogens (tertiary/aromatic N) is 8. The molecule has 0 spiro atoms. The number of piperidine rings is 1. The van der Waals surface area contributed by atoms with Crippen molar-refractivity contribution in [3.63, 3.8) is 0 Å². The predicted octanol–water partition coefficient (Wildman–Crippen LogP) is 2.41. The van der Waals surface area contributed by atoms with Crippen molar-refractivity contribution in [2.24, 2.45) is 5.92 Å². The summed E-state index contributed by atoms with van der Waals surface area (Å²) < 4.78 is 6.85. The molecule has 12 nitrogen and oxygen atoms in total. The van der Waals surface area contributed by atoms with Crippen LogP contribution in [0.15, 0.2) is 41.0 Å². The summed E-state index contributed by atoms with van der Waals surface area (Å²) in [6, 6.07) is 8.96. The van der Waals surface area contributed by atoms with Crippen molar-refractivity contribution in [1.29, 1.82) is 0 Å². The Kier molecular flexibility index (Phi) is 6.32. The molecule has 5 heterocycles. The molecule has 198 valence electrons. The van der Waals surface area contributed by atoms with Crippen LogP contribution in [0.1, 0.15) is 28.8 Å². The van der Waals surface area contributed by atoms with Gasteiger partial charge in [-0.1, -0.05) is 0 Å². The number of rotatable bonds is 6. The zero-order chi connectivity index (χ0) is 26.2. The zero-order valence-corrected chi connectivity index (χ0v) is 21.3. The number of aromatic nitrogens is 5. The maximum absolute atomic E-state index is 11.3. The molecule has 1 atom stereocenters. The molecule has 38 heavy (non-hydrogen) atoms. The largest absolute Gasteiger partial charge is 0.478 e. The third-order valence-corrected chi connectivity index (χ3v) is 7.44. The van der Waals surface area contributed by atoms with Gasteiger partial charge in [0.05, 0.1) is 11.8 Å². The van der Waals surface area contributed by atoms with E-state index in [1.54, 1.807) is 30.5 Å². The lowest BCUT2D eigenvalue weighted by molar-refractivity contribution is 0.0696. The minimum atomic E-state index is -0.890. The summed E-state index contributed by atoms with van der Waals surface area (Å²) in [7, 11) is 0. The minimum absolute atomic E-state index is 0.250. The van der Waals surface area contributed by atoms with Crippen LogP contribution in [-0.4, -0.2) is 86.4 Å². The van der Waals surface area contributed by atoms with Gasteiger partial charge in [-0.25, -0.2) is 4.79 Å². The first-order valence-corrected chi connectivity index (χ1v) is 12.9. The van der Waals surface area contributed by atoms with E-state index in [9.17, 15) is 9.90 Å². The molecule has 2 fully saturated rings. The second kappa shape index (κ2) is 9.93. The summed E-state index contributed by atoms with van der Waals surface area (Å²) in [5.41, 5.74) is 8.67. The Labute approximate surface area is 219 Å². The summed E-state index contributed by atoms with van der Waals surface area (Å²) in [6.07, 6.45) is 3.81. The number of carboxylic acid groups (broad SMARTS) is 1. The van der Waals surface area contributed by atoms with Crippen LogP contribution in [0.25, 0.3) is 17.4 Å². The van der Waals surface area contributed by atoms with Gasteiger partial charge in [-0.3, -0.25) is 4.90 Å². The molecule has 0 saturated carbocycles. The van der Waals surface area contributed by atoms with Crippen LogP contribution in [0.2, 0.25) is 0 Å². The van der Waals surface area contributed by atoms with Crippen LogP contribution in [0.4, 0.5) is 17.6 Å². The fraction of sp³-hybridized carbons (Fsp3) is 0.423. The Hall–Kier alpha value is -4.19. The highest BCUT2D eigenvalue weighted by atomic mass is 16.4. The number of aromatic carboxylic acids is 1. The van der Waals surface area contributed by atoms with E-state index in [4.69, 9.17) is 10.2 Å². The Morgan fingerprint density at radius 1 is 1.11 bits per heavy atom. The molecule has 4 aromatic rings. The highest BCUT2D eigenvalue weighted by molar-refractivity contribution is 5.88. The van der Waals surface area contributed by atoms with Crippen molar-refractivity contribution in [1.82, 2.24) is 29.5 Å². The average molecular weight is 518 g/mol. The molecule has 2 aliphatic heterocycles. The van der Waals surface area contributed by atoms with Gasteiger partial charge in [-0.05, 0) is 61.6 Å². The minimum Gasteiger partial charge on any atom is -0.478 e. The van der Waals surface area contributed by atoms with E-state index >= 15 is 0 Å². The van der Waals surface area contributed by atoms with Gasteiger partial charge in [0.25, 0.3) is 5.78 Å². The standard InChI is InChI=1S/C26H31N9O3/c1-17-14-19(23(36)37)6-7-20(17)33-11-9-32(10-12-33)15-18-4-2-8-34(16-18)25-29-24(27)35-26(30-25)28-22(31-35)21-5-3-13-38-21/h3,5-7,13-14,18H,2,4,8-12,15-16H2,1H3,(H,36,37)(H2,27,28,29,30,31). The second-order valence-corrected chi connectivity index (χ2v) is 10.1. The molecule has 1 unspecified atom stereocenters. The predicted molar refractivity (Wildman–Crippen MR) is 142 cm³/mol. The van der Waals surface area contributed by atoms with Crippen molar-refractivity contribution < 1.29 is 14.3 Å². The number of piperazine rings is 1. The number of nitrogens with two attached hydrogens (primary N) is 1. The molecule has 0 aliphatic carbocycles. The molecule has 1 aromatic carbocycles. The number of hydrogen-bond donors (Lipinski definition) is 2. The number of benzene rings is 1. The maximum atomic E-state index is 11.3. The normalized spacial score (nSPS) is 18.8. The number of fused-ring (bicyclic) bond motifs is 1. The number of furan rings is 1. The summed E-state index contributed by atoms with van der Waals surface area (Å²) in [4.78, 5) is 32.0. The van der Waals surface area contributed by atoms with Crippen LogP contribution < -0.4 is 15.5 Å². The quantitative estimate of drug-likeness (QED) is 0.389. The molecule has 6 rings (SSSR count). The van der Waals surface area contributed by atoms with Crippen molar-refractivity contribution in [3.05, 3.63) is 47.7 Å². The van der Waals surface area contributed by atoms with E-state index in [-0.39, 0.29) is 5.95 Å². The van der Waals surface area contributed by atoms with Crippen molar-refractivity contribution in [2.75, 3.05) is 61.3 Å². The lowest BCUT2D eigenvalue weighted by Gasteiger charge is -2.40. The zero-order valence-electron chi connectivity index (χ0n) is 21.3. The van der Waals surface area contributed by atoms with Crippen LogP contribution >= 0.6 is 0 Å². The van der Waals surface area contributed by atoms with Crippen molar-refractivity contribution in [2.45, 2.75) is 19.8 Å². The molecular formula is C26H31N9O3. The summed E-state index contributed by atoms with van der Waals surface area (Å²) in [5.74, 6) is 1.84. The Morgan fingerprint density at radius 2 is 1.95 bits per heavy atom. The molecule has 3 N–H and O–H groups in total. The van der Waals surface area contributed by atoms with Crippen LogP contribution in [-0.2, 0) is 0 Å². The SMILES string of the molecule is Cc1cc(C(=O)O)ccc1N1CCN(CC2CCCN(c3nc(N)n4nc(-c5ccco5)nc4n3)C2)CC1. The molecule has 0 bridgehead atoms. The van der Waals surface area contributed by atoms with E-state index in [0.29, 0.717) is 34.8 Å². The lowest BCUT2D eigenvalue weighted by atomic mass is 9.97. The lowest BCUT2D eigenvalue weighted by Crippen LogP contribution is -2.50. The Bertz CT molecular complexity index is 1440. The third kappa shape index (κ3) is 4.74. The van der Waals surface area contributed by atoms with Crippen molar-refractivity contribution in [3.8, 4) is 11.6 Å². The van der Waals surface area contributed by atoms with Gasteiger partial charge >= 0.3 is 5.97 Å². The first-order chi connectivity index (χ1) is 18.4. The fourth-order valence-corrected chi connectivity index (χ4v) is 5.52. The third-order valence-electron chi connectivity index (χ3n) is 7.44. The van der Waals surface area contributed by atoms with Gasteiger partial charge in [-0.2, -0.15) is 19.5 Å². The van der Waals surface area contributed by atoms with Gasteiger partial charge in [0.15, 0.2) is 5.76 Å². The average Bonchev–Trinajstić information content (AvgIpc) is 3.60. The topological polar surface area (TPSA) is 142 Å². The van der Waals surface area contributed by atoms with E-state index in [1.165, 1.54) is 4.52 Å². The van der Waals surface area contributed by atoms with Crippen LogP contribution in [0, 0.1) is 12.8 Å². The first kappa shape index (κ1) is 24.2. The first-order valence-electron chi connectivity index (χ1n) is 12.9. The van der Waals surface area contributed by atoms with E-state index in [0.717, 1.165) is 69.9 Å². The number of hydrogen-bond acceptors (Lipinski definition) is 10. The van der Waals surface area contributed by atoms with E-state index in [2.05, 4.69) is 34.8 Å². The van der Waals surface area contributed by atoms with Crippen LogP contribution in [0.3, 0.4) is 0 Å². The van der Waals surface area contributed by atoms with Crippen LogP contribution in [0.5, 0.6) is 0 Å². The van der Waals surface area contributed by atoms with E-state index in [1.807, 2.05) is 13.0 Å².